The smallest absolute Gasteiger partial charge is 0.278 e. The molecular formula is C25H19Cl2FN2O2. The first-order valence-corrected chi connectivity index (χ1v) is 10.7. The van der Waals surface area contributed by atoms with Gasteiger partial charge in [-0.25, -0.2) is 4.39 Å². The summed E-state index contributed by atoms with van der Waals surface area (Å²) in [6.45, 7) is 2.07. The number of imide groups is 1. The zero-order chi connectivity index (χ0) is 22.8. The van der Waals surface area contributed by atoms with Crippen molar-refractivity contribution in [3.8, 4) is 0 Å². The second-order valence-electron chi connectivity index (χ2n) is 7.48. The molecule has 1 aliphatic heterocycles. The van der Waals surface area contributed by atoms with Crippen molar-refractivity contribution >= 4 is 46.3 Å². The quantitative estimate of drug-likeness (QED) is 0.459. The van der Waals surface area contributed by atoms with Crippen LogP contribution < -0.4 is 5.32 Å². The summed E-state index contributed by atoms with van der Waals surface area (Å²) >= 11 is 12.1. The van der Waals surface area contributed by atoms with E-state index in [-0.39, 0.29) is 17.8 Å². The maximum absolute atomic E-state index is 13.5. The van der Waals surface area contributed by atoms with Crippen molar-refractivity contribution in [3.05, 3.63) is 105 Å². The fourth-order valence-electron chi connectivity index (χ4n) is 3.53. The second-order valence-corrected chi connectivity index (χ2v) is 8.35. The van der Waals surface area contributed by atoms with Crippen molar-refractivity contribution < 1.29 is 14.0 Å². The normalized spacial score (nSPS) is 13.8. The van der Waals surface area contributed by atoms with Gasteiger partial charge in [0.25, 0.3) is 11.8 Å². The van der Waals surface area contributed by atoms with Crippen LogP contribution in [0.25, 0.3) is 5.57 Å². The van der Waals surface area contributed by atoms with E-state index < -0.39 is 17.6 Å². The number of carbonyl (C=O) groups is 2. The molecule has 0 saturated heterocycles. The Bertz CT molecular complexity index is 1220. The molecule has 0 radical (unpaired) electrons. The molecule has 3 aromatic rings. The number of benzene rings is 3. The van der Waals surface area contributed by atoms with Crippen molar-refractivity contribution in [1.29, 1.82) is 0 Å². The van der Waals surface area contributed by atoms with Crippen molar-refractivity contribution in [2.24, 2.45) is 0 Å². The summed E-state index contributed by atoms with van der Waals surface area (Å²) in [7, 11) is 0. The van der Waals surface area contributed by atoms with Gasteiger partial charge in [0.2, 0.25) is 0 Å². The van der Waals surface area contributed by atoms with E-state index in [0.717, 1.165) is 11.1 Å². The molecule has 0 aromatic heterocycles. The maximum Gasteiger partial charge on any atom is 0.278 e. The Morgan fingerprint density at radius 3 is 2.22 bits per heavy atom. The number of hydrogen-bond acceptors (Lipinski definition) is 3. The number of anilines is 1. The summed E-state index contributed by atoms with van der Waals surface area (Å²) in [5, 5.41) is 4.22. The number of nitrogens with one attached hydrogen (secondary N) is 1. The highest BCUT2D eigenvalue weighted by molar-refractivity contribution is 6.36. The third-order valence-electron chi connectivity index (χ3n) is 5.30. The molecule has 2 amide bonds. The van der Waals surface area contributed by atoms with Gasteiger partial charge in [-0.2, -0.15) is 0 Å². The molecule has 0 bridgehead atoms. The van der Waals surface area contributed by atoms with Crippen LogP contribution in [0.2, 0.25) is 10.0 Å². The highest BCUT2D eigenvalue weighted by Crippen LogP contribution is 2.32. The van der Waals surface area contributed by atoms with Crippen LogP contribution in [0.4, 0.5) is 10.1 Å². The first kappa shape index (κ1) is 22.1. The Labute approximate surface area is 195 Å². The Morgan fingerprint density at radius 1 is 0.875 bits per heavy atom. The molecule has 1 N–H and O–H groups in total. The molecule has 0 aliphatic carbocycles. The van der Waals surface area contributed by atoms with E-state index in [1.165, 1.54) is 29.2 Å². The molecule has 4 nitrogen and oxygen atoms in total. The van der Waals surface area contributed by atoms with Crippen LogP contribution in [0.15, 0.2) is 72.4 Å². The Balaban J connectivity index is 1.68. The Hall–Kier alpha value is -3.15. The van der Waals surface area contributed by atoms with Crippen LogP contribution in [0.1, 0.15) is 16.7 Å². The zero-order valence-electron chi connectivity index (χ0n) is 17.2. The van der Waals surface area contributed by atoms with Gasteiger partial charge in [0.15, 0.2) is 0 Å². The summed E-state index contributed by atoms with van der Waals surface area (Å²) < 4.78 is 13.5. The first-order valence-electron chi connectivity index (χ1n) is 9.97. The number of amides is 2. The lowest BCUT2D eigenvalue weighted by atomic mass is 10.0. The number of aryl methyl sites for hydroxylation is 1. The third-order valence-corrected chi connectivity index (χ3v) is 5.78. The molecule has 0 saturated carbocycles. The molecule has 0 unspecified atom stereocenters. The second kappa shape index (κ2) is 9.15. The highest BCUT2D eigenvalue weighted by Gasteiger charge is 2.39. The van der Waals surface area contributed by atoms with Crippen LogP contribution in [0.3, 0.4) is 0 Å². The first-order chi connectivity index (χ1) is 15.3. The fraction of sp³-hybridized carbons (Fsp3) is 0.120. The number of halogens is 3. The molecule has 32 heavy (non-hydrogen) atoms. The van der Waals surface area contributed by atoms with Crippen LogP contribution >= 0.6 is 23.2 Å². The van der Waals surface area contributed by atoms with Crippen molar-refractivity contribution in [2.75, 3.05) is 11.9 Å². The standard InChI is InChI=1S/C25H19Cl2FN2O2/c1-15-2-7-19(27)14-21(15)29-23-22(17-5-10-20(28)11-6-17)24(31)30(25(23)32)13-12-16-3-8-18(26)9-4-16/h2-11,14,29H,12-13H2,1H3. The molecule has 3 aromatic carbocycles. The minimum Gasteiger partial charge on any atom is -0.350 e. The monoisotopic (exact) mass is 468 g/mol. The molecule has 4 rings (SSSR count). The van der Waals surface area contributed by atoms with Gasteiger partial charge in [-0.05, 0) is 66.4 Å². The summed E-state index contributed by atoms with van der Waals surface area (Å²) in [5.41, 5.74) is 3.23. The lowest BCUT2D eigenvalue weighted by Crippen LogP contribution is -2.34. The predicted molar refractivity (Wildman–Crippen MR) is 125 cm³/mol. The van der Waals surface area contributed by atoms with E-state index in [0.29, 0.717) is 27.7 Å². The van der Waals surface area contributed by atoms with Crippen molar-refractivity contribution in [3.63, 3.8) is 0 Å². The van der Waals surface area contributed by atoms with Gasteiger partial charge < -0.3 is 5.32 Å². The highest BCUT2D eigenvalue weighted by atomic mass is 35.5. The lowest BCUT2D eigenvalue weighted by molar-refractivity contribution is -0.136. The van der Waals surface area contributed by atoms with Gasteiger partial charge in [-0.15, -0.1) is 0 Å². The number of carbonyl (C=O) groups excluding carboxylic acids is 2. The molecule has 0 atom stereocenters. The van der Waals surface area contributed by atoms with Gasteiger partial charge in [-0.1, -0.05) is 53.5 Å². The molecular weight excluding hydrogens is 450 g/mol. The topological polar surface area (TPSA) is 49.4 Å². The van der Waals surface area contributed by atoms with Crippen LogP contribution in [-0.4, -0.2) is 23.3 Å². The van der Waals surface area contributed by atoms with E-state index in [2.05, 4.69) is 5.32 Å². The van der Waals surface area contributed by atoms with E-state index in [1.807, 2.05) is 25.1 Å². The Morgan fingerprint density at radius 2 is 1.53 bits per heavy atom. The molecule has 0 spiro atoms. The number of rotatable bonds is 6. The van der Waals surface area contributed by atoms with E-state index >= 15 is 0 Å². The lowest BCUT2D eigenvalue weighted by Gasteiger charge is -2.16. The minimum absolute atomic E-state index is 0.142. The molecule has 1 aliphatic rings. The van der Waals surface area contributed by atoms with Gasteiger partial charge >= 0.3 is 0 Å². The zero-order valence-corrected chi connectivity index (χ0v) is 18.7. The molecule has 162 valence electrons. The van der Waals surface area contributed by atoms with Gasteiger partial charge in [-0.3, -0.25) is 14.5 Å². The molecule has 0 fully saturated rings. The number of nitrogens with zero attached hydrogens (tertiary/aromatic N) is 1. The largest absolute Gasteiger partial charge is 0.350 e. The van der Waals surface area contributed by atoms with Gasteiger partial charge in [0.05, 0.1) is 5.57 Å². The SMILES string of the molecule is Cc1ccc(Cl)cc1NC1=C(c2ccc(F)cc2)C(=O)N(CCc2ccc(Cl)cc2)C1=O. The van der Waals surface area contributed by atoms with Crippen LogP contribution in [0.5, 0.6) is 0 Å². The van der Waals surface area contributed by atoms with Gasteiger partial charge in [0.1, 0.15) is 11.5 Å². The average molecular weight is 469 g/mol. The van der Waals surface area contributed by atoms with Gasteiger partial charge in [0, 0.05) is 22.3 Å². The predicted octanol–water partition coefficient (Wildman–Crippen LogP) is 5.88. The van der Waals surface area contributed by atoms with Crippen LogP contribution in [-0.2, 0) is 16.0 Å². The summed E-state index contributed by atoms with van der Waals surface area (Å²) in [6, 6.07) is 18.0. The summed E-state index contributed by atoms with van der Waals surface area (Å²) in [5.74, 6) is -1.30. The average Bonchev–Trinajstić information content (AvgIpc) is 3.00. The summed E-state index contributed by atoms with van der Waals surface area (Å²) in [6.07, 6.45) is 0.481. The van der Waals surface area contributed by atoms with Crippen molar-refractivity contribution in [1.82, 2.24) is 4.90 Å². The maximum atomic E-state index is 13.5. The summed E-state index contributed by atoms with van der Waals surface area (Å²) in [4.78, 5) is 27.8. The van der Waals surface area contributed by atoms with E-state index in [1.54, 1.807) is 24.3 Å². The molecule has 1 heterocycles. The van der Waals surface area contributed by atoms with Crippen LogP contribution in [0, 0.1) is 12.7 Å². The Kier molecular flexibility index (Phi) is 6.31. The van der Waals surface area contributed by atoms with Crippen molar-refractivity contribution in [2.45, 2.75) is 13.3 Å². The number of hydrogen-bond donors (Lipinski definition) is 1. The fourth-order valence-corrected chi connectivity index (χ4v) is 3.83. The minimum atomic E-state index is -0.442. The van der Waals surface area contributed by atoms with E-state index in [9.17, 15) is 14.0 Å². The molecule has 7 heteroatoms. The third kappa shape index (κ3) is 4.54. The van der Waals surface area contributed by atoms with E-state index in [4.69, 9.17) is 23.2 Å².